The van der Waals surface area contributed by atoms with Gasteiger partial charge in [0.25, 0.3) is 5.69 Å². The number of Topliss-reactive ketones (excluding diaryl/α,β-unsaturated/α-hetero) is 1. The molecule has 3 aromatic carbocycles. The van der Waals surface area contributed by atoms with Gasteiger partial charge in [0.15, 0.2) is 5.78 Å². The minimum atomic E-state index is -0.707. The van der Waals surface area contributed by atoms with E-state index in [9.17, 15) is 24.6 Å². The van der Waals surface area contributed by atoms with E-state index < -0.39 is 10.8 Å². The van der Waals surface area contributed by atoms with Crippen molar-refractivity contribution < 1.29 is 18.8 Å². The molecule has 0 amide bonds. The highest BCUT2D eigenvalue weighted by Crippen LogP contribution is 2.49. The van der Waals surface area contributed by atoms with E-state index in [0.29, 0.717) is 42.0 Å². The molecule has 0 aromatic heterocycles. The number of hydrogen-bond acceptors (Lipinski definition) is 8. The number of nitrogens with two attached hydrogens (primary N) is 1. The maximum Gasteiger partial charge on any atom is 0.296 e. The van der Waals surface area contributed by atoms with Crippen molar-refractivity contribution in [1.29, 1.82) is 5.26 Å². The smallest absolute Gasteiger partial charge is 0.296 e. The fourth-order valence-electron chi connectivity index (χ4n) is 5.71. The zero-order chi connectivity index (χ0) is 30.1. The van der Waals surface area contributed by atoms with E-state index in [1.54, 1.807) is 30.0 Å². The van der Waals surface area contributed by atoms with Crippen molar-refractivity contribution in [2.24, 2.45) is 5.73 Å². The number of anilines is 1. The SMILES string of the molecule is COc1ccc(N2C(N)=C(C#N)C(c3cc(CSc4ccc(F)cc4)c(C)cc3C)C3=C2CCCC3=O)c([N+](=O)[O-])c1. The zero-order valence-corrected chi connectivity index (χ0v) is 24.3. The summed E-state index contributed by atoms with van der Waals surface area (Å²) >= 11 is 1.56. The molecule has 1 heterocycles. The lowest BCUT2D eigenvalue weighted by Gasteiger charge is -2.39. The molecule has 214 valence electrons. The molecule has 1 aliphatic heterocycles. The number of nitro benzene ring substituents is 1. The number of carbonyl (C=O) groups excluding carboxylic acids is 1. The van der Waals surface area contributed by atoms with Crippen LogP contribution in [0.2, 0.25) is 0 Å². The van der Waals surface area contributed by atoms with Crippen LogP contribution in [0.4, 0.5) is 15.8 Å². The number of halogens is 1. The van der Waals surface area contributed by atoms with E-state index in [1.807, 2.05) is 26.0 Å². The van der Waals surface area contributed by atoms with E-state index in [-0.39, 0.29) is 34.4 Å². The molecule has 8 nitrogen and oxygen atoms in total. The van der Waals surface area contributed by atoms with Gasteiger partial charge in [-0.3, -0.25) is 19.8 Å². The third-order valence-corrected chi connectivity index (χ3v) is 8.84. The van der Waals surface area contributed by atoms with Crippen LogP contribution in [0, 0.1) is 41.1 Å². The Bertz CT molecular complexity index is 1710. The first-order valence-corrected chi connectivity index (χ1v) is 14.4. The van der Waals surface area contributed by atoms with Crippen LogP contribution < -0.4 is 15.4 Å². The zero-order valence-electron chi connectivity index (χ0n) is 23.4. The number of methoxy groups -OCH3 is 1. The second-order valence-electron chi connectivity index (χ2n) is 10.3. The largest absolute Gasteiger partial charge is 0.496 e. The van der Waals surface area contributed by atoms with Gasteiger partial charge < -0.3 is 10.5 Å². The summed E-state index contributed by atoms with van der Waals surface area (Å²) in [6.45, 7) is 3.95. The molecule has 2 aliphatic rings. The van der Waals surface area contributed by atoms with Crippen LogP contribution in [0.3, 0.4) is 0 Å². The van der Waals surface area contributed by atoms with E-state index in [1.165, 1.54) is 36.3 Å². The first-order valence-electron chi connectivity index (χ1n) is 13.4. The van der Waals surface area contributed by atoms with Gasteiger partial charge in [-0.05, 0) is 85.3 Å². The summed E-state index contributed by atoms with van der Waals surface area (Å²) < 4.78 is 18.6. The third-order valence-electron chi connectivity index (χ3n) is 7.78. The van der Waals surface area contributed by atoms with Gasteiger partial charge in [0.05, 0.1) is 35.7 Å². The molecule has 0 spiro atoms. The molecule has 3 aromatic rings. The van der Waals surface area contributed by atoms with Gasteiger partial charge in [-0.2, -0.15) is 5.26 Å². The number of nitrogens with zero attached hydrogens (tertiary/aromatic N) is 3. The Balaban J connectivity index is 1.65. The fourth-order valence-corrected chi connectivity index (χ4v) is 6.67. The quantitative estimate of drug-likeness (QED) is 0.180. The topological polar surface area (TPSA) is 122 Å². The van der Waals surface area contributed by atoms with Gasteiger partial charge in [-0.15, -0.1) is 11.8 Å². The van der Waals surface area contributed by atoms with Crippen molar-refractivity contribution in [3.63, 3.8) is 0 Å². The molecular formula is C32H29FN4O4S. The number of ketones is 1. The van der Waals surface area contributed by atoms with Crippen molar-refractivity contribution >= 4 is 28.9 Å². The number of nitriles is 1. The van der Waals surface area contributed by atoms with E-state index in [2.05, 4.69) is 6.07 Å². The molecule has 1 unspecified atom stereocenters. The summed E-state index contributed by atoms with van der Waals surface area (Å²) in [5.74, 6) is -0.145. The van der Waals surface area contributed by atoms with Crippen LogP contribution in [-0.2, 0) is 10.5 Å². The Labute approximate surface area is 247 Å². The summed E-state index contributed by atoms with van der Waals surface area (Å²) in [6, 6.07) is 17.0. The first-order chi connectivity index (χ1) is 20.1. The molecule has 1 aliphatic carbocycles. The minimum absolute atomic E-state index is 0.0615. The number of rotatable bonds is 7. The molecule has 2 N–H and O–H groups in total. The molecule has 0 bridgehead atoms. The van der Waals surface area contributed by atoms with Crippen molar-refractivity contribution in [1.82, 2.24) is 0 Å². The molecule has 10 heteroatoms. The average molecular weight is 585 g/mol. The summed E-state index contributed by atoms with van der Waals surface area (Å²) in [6.07, 6.45) is 1.34. The first kappa shape index (κ1) is 28.9. The Morgan fingerprint density at radius 3 is 2.55 bits per heavy atom. The predicted octanol–water partition coefficient (Wildman–Crippen LogP) is 6.96. The van der Waals surface area contributed by atoms with Gasteiger partial charge >= 0.3 is 0 Å². The summed E-state index contributed by atoms with van der Waals surface area (Å²) in [5.41, 5.74) is 11.6. The fraction of sp³-hybridized carbons (Fsp3) is 0.250. The summed E-state index contributed by atoms with van der Waals surface area (Å²) in [5, 5.41) is 22.5. The maximum atomic E-state index is 13.6. The summed E-state index contributed by atoms with van der Waals surface area (Å²) in [4.78, 5) is 27.6. The normalized spacial score (nSPS) is 16.8. The van der Waals surface area contributed by atoms with Crippen LogP contribution in [0.5, 0.6) is 5.75 Å². The molecule has 1 atom stereocenters. The molecule has 5 rings (SSSR count). The van der Waals surface area contributed by atoms with E-state index in [0.717, 1.165) is 27.1 Å². The van der Waals surface area contributed by atoms with E-state index in [4.69, 9.17) is 10.5 Å². The van der Waals surface area contributed by atoms with Gasteiger partial charge in [0, 0.05) is 28.3 Å². The molecule has 0 fully saturated rings. The highest BCUT2D eigenvalue weighted by atomic mass is 32.2. The number of carbonyl (C=O) groups is 1. The highest BCUT2D eigenvalue weighted by molar-refractivity contribution is 7.98. The Hall–Kier alpha value is -4.62. The van der Waals surface area contributed by atoms with Crippen molar-refractivity contribution in [3.8, 4) is 11.8 Å². The van der Waals surface area contributed by atoms with Crippen LogP contribution in [0.25, 0.3) is 0 Å². The van der Waals surface area contributed by atoms with Gasteiger partial charge in [0.2, 0.25) is 0 Å². The predicted molar refractivity (Wildman–Crippen MR) is 159 cm³/mol. The Morgan fingerprint density at radius 1 is 1.14 bits per heavy atom. The van der Waals surface area contributed by atoms with Crippen molar-refractivity contribution in [3.05, 3.63) is 115 Å². The Kier molecular flexibility index (Phi) is 8.05. The molecule has 0 saturated heterocycles. The van der Waals surface area contributed by atoms with Gasteiger partial charge in [0.1, 0.15) is 23.1 Å². The van der Waals surface area contributed by atoms with Gasteiger partial charge in [-0.1, -0.05) is 12.1 Å². The second kappa shape index (κ2) is 11.7. The lowest BCUT2D eigenvalue weighted by molar-refractivity contribution is -0.384. The minimum Gasteiger partial charge on any atom is -0.496 e. The highest BCUT2D eigenvalue weighted by Gasteiger charge is 2.42. The number of hydrogen-bond donors (Lipinski definition) is 1. The third kappa shape index (κ3) is 5.23. The lowest BCUT2D eigenvalue weighted by atomic mass is 9.74. The van der Waals surface area contributed by atoms with Crippen LogP contribution >= 0.6 is 11.8 Å². The van der Waals surface area contributed by atoms with Gasteiger partial charge in [-0.25, -0.2) is 4.39 Å². The van der Waals surface area contributed by atoms with Crippen LogP contribution in [0.15, 0.2) is 82.2 Å². The maximum absolute atomic E-state index is 13.6. The number of thioether (sulfide) groups is 1. The monoisotopic (exact) mass is 584 g/mol. The molecule has 42 heavy (non-hydrogen) atoms. The Morgan fingerprint density at radius 2 is 1.88 bits per heavy atom. The van der Waals surface area contributed by atoms with E-state index >= 15 is 0 Å². The summed E-state index contributed by atoms with van der Waals surface area (Å²) in [7, 11) is 1.42. The molecule has 0 radical (unpaired) electrons. The van der Waals surface area contributed by atoms with Crippen molar-refractivity contribution in [2.45, 2.75) is 49.7 Å². The molecule has 0 saturated carbocycles. The van der Waals surface area contributed by atoms with Crippen LogP contribution in [0.1, 0.15) is 47.4 Å². The van der Waals surface area contributed by atoms with Crippen LogP contribution in [-0.4, -0.2) is 17.8 Å². The average Bonchev–Trinajstić information content (AvgIpc) is 2.97. The number of allylic oxidation sites excluding steroid dienone is 3. The lowest BCUT2D eigenvalue weighted by Crippen LogP contribution is -2.39. The number of aryl methyl sites for hydroxylation is 2. The molecular weight excluding hydrogens is 555 g/mol. The number of nitro groups is 1. The standard InChI is InChI=1S/C32H29FN4O4S/c1-18-13-19(2)24(14-20(18)17-42-23-10-7-21(33)8-11-23)30-25(16-34)32(35)36(27-5-4-6-29(38)31(27)30)26-12-9-22(41-3)15-28(26)37(39)40/h7-15,30H,4-6,17,35H2,1-3H3. The number of ether oxygens (including phenoxy) is 1. The number of benzene rings is 3. The van der Waals surface area contributed by atoms with Crippen molar-refractivity contribution in [2.75, 3.05) is 12.0 Å². The second-order valence-corrected chi connectivity index (χ2v) is 11.4.